The minimum Gasteiger partial charge on any atom is -0.493 e. The molecular weight excluding hydrogens is 482 g/mol. The van der Waals surface area contributed by atoms with Crippen LogP contribution in [0.25, 0.3) is 11.0 Å². The van der Waals surface area contributed by atoms with Crippen molar-refractivity contribution in [1.82, 2.24) is 9.03 Å². The van der Waals surface area contributed by atoms with Crippen LogP contribution in [0.4, 0.5) is 5.69 Å². The van der Waals surface area contributed by atoms with Crippen molar-refractivity contribution in [3.63, 3.8) is 0 Å². The topological polar surface area (TPSA) is 112 Å². The van der Waals surface area contributed by atoms with E-state index in [-0.39, 0.29) is 13.1 Å². The Morgan fingerprint density at radius 1 is 1.14 bits per heavy atom. The molecule has 1 aliphatic heterocycles. The van der Waals surface area contributed by atoms with Crippen molar-refractivity contribution in [1.29, 1.82) is 0 Å². The van der Waals surface area contributed by atoms with Gasteiger partial charge in [0.2, 0.25) is 0 Å². The number of carboxylic acid groups (broad SMARTS) is 1. The Hall–Kier alpha value is -3.52. The van der Waals surface area contributed by atoms with Gasteiger partial charge in [-0.15, -0.1) is 0 Å². The molecule has 0 unspecified atom stereocenters. The van der Waals surface area contributed by atoms with Gasteiger partial charge in [-0.3, -0.25) is 4.79 Å². The summed E-state index contributed by atoms with van der Waals surface area (Å²) in [5, 5.41) is 9.90. The van der Waals surface area contributed by atoms with Crippen molar-refractivity contribution in [3.8, 4) is 17.6 Å². The van der Waals surface area contributed by atoms with E-state index in [4.69, 9.17) is 14.3 Å². The van der Waals surface area contributed by atoms with Gasteiger partial charge in [0, 0.05) is 43.0 Å². The first kappa shape index (κ1) is 25.6. The first-order valence-electron chi connectivity index (χ1n) is 11.7. The van der Waals surface area contributed by atoms with E-state index >= 15 is 0 Å². The summed E-state index contributed by atoms with van der Waals surface area (Å²) in [6.07, 6.45) is 0. The maximum atomic E-state index is 12.4. The van der Waals surface area contributed by atoms with Crippen LogP contribution in [0.3, 0.4) is 0 Å². The zero-order valence-electron chi connectivity index (χ0n) is 20.4. The van der Waals surface area contributed by atoms with E-state index in [2.05, 4.69) is 21.5 Å². The number of rotatable bonds is 7. The molecule has 0 saturated carbocycles. The highest BCUT2D eigenvalue weighted by Gasteiger charge is 2.29. The lowest BCUT2D eigenvalue weighted by atomic mass is 10.1. The highest BCUT2D eigenvalue weighted by atomic mass is 32.2. The fourth-order valence-corrected chi connectivity index (χ4v) is 5.42. The maximum Gasteiger partial charge on any atom is 0.321 e. The smallest absolute Gasteiger partial charge is 0.321 e. The highest BCUT2D eigenvalue weighted by molar-refractivity contribution is 7.87. The lowest BCUT2D eigenvalue weighted by Gasteiger charge is -2.35. The predicted octanol–water partition coefficient (Wildman–Crippen LogP) is 2.97. The quantitative estimate of drug-likeness (QED) is 0.469. The molecule has 0 radical (unpaired) electrons. The summed E-state index contributed by atoms with van der Waals surface area (Å²) >= 11 is 0. The largest absolute Gasteiger partial charge is 0.493 e. The van der Waals surface area contributed by atoms with E-state index in [1.54, 1.807) is 0 Å². The van der Waals surface area contributed by atoms with Gasteiger partial charge in [-0.1, -0.05) is 12.0 Å². The number of furan rings is 1. The van der Waals surface area contributed by atoms with E-state index in [1.165, 1.54) is 11.2 Å². The van der Waals surface area contributed by atoms with Gasteiger partial charge in [0.25, 0.3) is 10.2 Å². The first-order valence-corrected chi connectivity index (χ1v) is 13.2. The number of hydrogen-bond donors (Lipinski definition) is 2. The van der Waals surface area contributed by atoms with Crippen LogP contribution in [0.5, 0.6) is 5.75 Å². The van der Waals surface area contributed by atoms with Crippen LogP contribution in [0.15, 0.2) is 46.9 Å². The highest BCUT2D eigenvalue weighted by Crippen LogP contribution is 2.32. The molecule has 1 atom stereocenters. The number of ether oxygens (including phenoxy) is 1. The molecule has 1 saturated heterocycles. The second-order valence-electron chi connectivity index (χ2n) is 8.48. The molecule has 2 heterocycles. The second kappa shape index (κ2) is 10.6. The standard InChI is InChI=1S/C26H29N3O6S/c1-4-34-23-6-5-7-24-25(23)18(2)22(35-24)13-10-20-8-11-21(12-9-20)28-14-16-29(17-15-28)36(32,33)27-19(3)26(30)31/h5-9,11-12,19,27H,4,14-17H2,1-3H3,(H,30,31)/t19-/m1/s1. The van der Waals surface area contributed by atoms with Crippen LogP contribution in [0.2, 0.25) is 0 Å². The average molecular weight is 512 g/mol. The molecule has 1 fully saturated rings. The third-order valence-corrected chi connectivity index (χ3v) is 7.74. The molecule has 0 bridgehead atoms. The summed E-state index contributed by atoms with van der Waals surface area (Å²) in [7, 11) is -3.85. The molecule has 2 N–H and O–H groups in total. The van der Waals surface area contributed by atoms with Crippen LogP contribution in [-0.4, -0.2) is 62.6 Å². The Labute approximate surface area is 210 Å². The lowest BCUT2D eigenvalue weighted by Crippen LogP contribution is -2.54. The van der Waals surface area contributed by atoms with Gasteiger partial charge in [0.15, 0.2) is 5.76 Å². The first-order chi connectivity index (χ1) is 17.2. The Morgan fingerprint density at radius 3 is 2.47 bits per heavy atom. The molecule has 0 aliphatic carbocycles. The number of carboxylic acids is 1. The number of aryl methyl sites for hydroxylation is 1. The minimum absolute atomic E-state index is 0.262. The molecule has 0 spiro atoms. The summed E-state index contributed by atoms with van der Waals surface area (Å²) < 4.78 is 40.0. The van der Waals surface area contributed by atoms with Gasteiger partial charge in [-0.2, -0.15) is 17.4 Å². The van der Waals surface area contributed by atoms with Crippen LogP contribution in [0, 0.1) is 18.8 Å². The predicted molar refractivity (Wildman–Crippen MR) is 137 cm³/mol. The molecule has 9 nitrogen and oxygen atoms in total. The molecule has 36 heavy (non-hydrogen) atoms. The molecule has 4 rings (SSSR count). The van der Waals surface area contributed by atoms with Gasteiger partial charge in [0.1, 0.15) is 17.4 Å². The maximum absolute atomic E-state index is 12.4. The van der Waals surface area contributed by atoms with E-state index < -0.39 is 22.2 Å². The van der Waals surface area contributed by atoms with Gasteiger partial charge in [-0.05, 0) is 63.1 Å². The Kier molecular flexibility index (Phi) is 7.54. The van der Waals surface area contributed by atoms with Crippen LogP contribution in [0.1, 0.15) is 30.7 Å². The van der Waals surface area contributed by atoms with Gasteiger partial charge in [0.05, 0.1) is 12.0 Å². The van der Waals surface area contributed by atoms with Gasteiger partial charge >= 0.3 is 5.97 Å². The van der Waals surface area contributed by atoms with E-state index in [1.807, 2.05) is 56.3 Å². The number of fused-ring (bicyclic) bond motifs is 1. The summed E-state index contributed by atoms with van der Waals surface area (Å²) in [5.41, 5.74) is 3.48. The number of nitrogens with one attached hydrogen (secondary N) is 1. The SMILES string of the molecule is CCOc1cccc2oc(C#Cc3ccc(N4CCN(S(=O)(=O)N[C@H](C)C(=O)O)CC4)cc3)c(C)c12. The summed E-state index contributed by atoms with van der Waals surface area (Å²) in [6.45, 7) is 7.30. The molecule has 190 valence electrons. The molecule has 0 amide bonds. The number of benzene rings is 2. The second-order valence-corrected chi connectivity index (χ2v) is 10.2. The van der Waals surface area contributed by atoms with Gasteiger partial charge in [-0.25, -0.2) is 0 Å². The summed E-state index contributed by atoms with van der Waals surface area (Å²) in [6, 6.07) is 12.3. The number of carbonyl (C=O) groups is 1. The molecule has 10 heteroatoms. The minimum atomic E-state index is -3.85. The molecular formula is C26H29N3O6S. The third-order valence-electron chi connectivity index (χ3n) is 6.04. The average Bonchev–Trinajstić information content (AvgIpc) is 3.19. The van der Waals surface area contributed by atoms with E-state index in [0.29, 0.717) is 25.5 Å². The zero-order valence-corrected chi connectivity index (χ0v) is 21.3. The summed E-state index contributed by atoms with van der Waals surface area (Å²) in [5.74, 6) is 6.45. The number of piperazine rings is 1. The number of aliphatic carboxylic acids is 1. The Balaban J connectivity index is 1.42. The lowest BCUT2D eigenvalue weighted by molar-refractivity contribution is -0.138. The number of nitrogens with zero attached hydrogens (tertiary/aromatic N) is 2. The number of anilines is 1. The Bertz CT molecular complexity index is 1410. The molecule has 3 aromatic rings. The zero-order chi connectivity index (χ0) is 25.9. The molecule has 2 aromatic carbocycles. The van der Waals surface area contributed by atoms with E-state index in [9.17, 15) is 13.2 Å². The van der Waals surface area contributed by atoms with Gasteiger partial charge < -0.3 is 19.2 Å². The third kappa shape index (κ3) is 5.49. The van der Waals surface area contributed by atoms with Crippen molar-refractivity contribution in [3.05, 3.63) is 59.4 Å². The normalized spacial score (nSPS) is 15.4. The van der Waals surface area contributed by atoms with Crippen LogP contribution < -0.4 is 14.4 Å². The van der Waals surface area contributed by atoms with E-state index in [0.717, 1.165) is 33.5 Å². The fraction of sp³-hybridized carbons (Fsp3) is 0.346. The van der Waals surface area contributed by atoms with Crippen molar-refractivity contribution in [2.75, 3.05) is 37.7 Å². The monoisotopic (exact) mass is 511 g/mol. The Morgan fingerprint density at radius 2 is 1.83 bits per heavy atom. The fourth-order valence-electron chi connectivity index (χ4n) is 4.08. The van der Waals surface area contributed by atoms with Crippen molar-refractivity contribution < 1.29 is 27.5 Å². The number of hydrogen-bond acceptors (Lipinski definition) is 6. The molecule has 1 aromatic heterocycles. The van der Waals surface area contributed by atoms with Crippen molar-refractivity contribution >= 4 is 32.8 Å². The van der Waals surface area contributed by atoms with Crippen LogP contribution in [-0.2, 0) is 15.0 Å². The van der Waals surface area contributed by atoms with Crippen molar-refractivity contribution in [2.24, 2.45) is 0 Å². The molecule has 1 aliphatic rings. The van der Waals surface area contributed by atoms with Crippen LogP contribution >= 0.6 is 0 Å². The van der Waals surface area contributed by atoms with Crippen molar-refractivity contribution in [2.45, 2.75) is 26.8 Å². The summed E-state index contributed by atoms with van der Waals surface area (Å²) in [4.78, 5) is 13.1.